The fourth-order valence-corrected chi connectivity index (χ4v) is 4.36. The Kier molecular flexibility index (Phi) is 4.97. The molecule has 2 bridgehead atoms. The van der Waals surface area contributed by atoms with Crippen LogP contribution in [0.4, 0.5) is 0 Å². The molecule has 3 unspecified atom stereocenters. The summed E-state index contributed by atoms with van der Waals surface area (Å²) in [7, 11) is 2.34. The second kappa shape index (κ2) is 6.93. The average Bonchev–Trinajstić information content (AvgIpc) is 2.49. The predicted molar refractivity (Wildman–Crippen MR) is 89.4 cm³/mol. The summed E-state index contributed by atoms with van der Waals surface area (Å²) in [5.41, 5.74) is 1.46. The van der Waals surface area contributed by atoms with Gasteiger partial charge in [0.05, 0.1) is 0 Å². The predicted octanol–water partition coefficient (Wildman–Crippen LogP) is 4.13. The van der Waals surface area contributed by atoms with Crippen LogP contribution in [0.5, 0.6) is 0 Å². The molecule has 0 aromatic heterocycles. The molecule has 2 aliphatic rings. The van der Waals surface area contributed by atoms with Crippen LogP contribution in [0.15, 0.2) is 30.3 Å². The maximum atomic E-state index is 4.00. The molecular formula is C19H30N2. The van der Waals surface area contributed by atoms with Crippen molar-refractivity contribution in [2.24, 2.45) is 0 Å². The Bertz CT molecular complexity index is 416. The Morgan fingerprint density at radius 1 is 1.14 bits per heavy atom. The molecule has 0 amide bonds. The molecule has 1 N–H and O–H groups in total. The SMILES string of the molecule is CCCC(NC1CC2CCCC(C1)N2C)c1ccccc1. The molecule has 0 saturated carbocycles. The molecule has 1 aromatic rings. The quantitative estimate of drug-likeness (QED) is 0.875. The Morgan fingerprint density at radius 2 is 1.81 bits per heavy atom. The Hall–Kier alpha value is -0.860. The van der Waals surface area contributed by atoms with Crippen molar-refractivity contribution in [3.8, 4) is 0 Å². The van der Waals surface area contributed by atoms with Gasteiger partial charge >= 0.3 is 0 Å². The summed E-state index contributed by atoms with van der Waals surface area (Å²) in [6.45, 7) is 2.29. The Morgan fingerprint density at radius 3 is 2.43 bits per heavy atom. The van der Waals surface area contributed by atoms with Gasteiger partial charge in [0.25, 0.3) is 0 Å². The third-order valence-electron chi connectivity index (χ3n) is 5.56. The van der Waals surface area contributed by atoms with Gasteiger partial charge in [-0.1, -0.05) is 50.1 Å². The average molecular weight is 286 g/mol. The lowest BCUT2D eigenvalue weighted by Crippen LogP contribution is -2.54. The lowest BCUT2D eigenvalue weighted by Gasteiger charge is -2.48. The van der Waals surface area contributed by atoms with Gasteiger partial charge in [0.15, 0.2) is 0 Å². The van der Waals surface area contributed by atoms with Crippen LogP contribution in [0.1, 0.15) is 63.5 Å². The second-order valence-electron chi connectivity index (χ2n) is 6.99. The molecule has 0 spiro atoms. The summed E-state index contributed by atoms with van der Waals surface area (Å²) in [5.74, 6) is 0. The molecule has 116 valence electrons. The third kappa shape index (κ3) is 3.49. The lowest BCUT2D eigenvalue weighted by molar-refractivity contribution is 0.0454. The maximum Gasteiger partial charge on any atom is 0.0322 e. The van der Waals surface area contributed by atoms with Gasteiger partial charge in [0.2, 0.25) is 0 Å². The largest absolute Gasteiger partial charge is 0.307 e. The fraction of sp³-hybridized carbons (Fsp3) is 0.684. The normalized spacial score (nSPS) is 31.0. The number of benzene rings is 1. The van der Waals surface area contributed by atoms with Crippen LogP contribution in [0, 0.1) is 0 Å². The summed E-state index contributed by atoms with van der Waals surface area (Å²) < 4.78 is 0. The van der Waals surface area contributed by atoms with Gasteiger partial charge < -0.3 is 10.2 Å². The monoisotopic (exact) mass is 286 g/mol. The minimum absolute atomic E-state index is 0.533. The summed E-state index contributed by atoms with van der Waals surface area (Å²) in [6.07, 6.45) is 9.38. The van der Waals surface area contributed by atoms with E-state index in [9.17, 15) is 0 Å². The van der Waals surface area contributed by atoms with Crippen LogP contribution < -0.4 is 5.32 Å². The summed E-state index contributed by atoms with van der Waals surface area (Å²) in [6, 6.07) is 13.9. The van der Waals surface area contributed by atoms with Gasteiger partial charge in [0.1, 0.15) is 0 Å². The van der Waals surface area contributed by atoms with Gasteiger partial charge in [-0.2, -0.15) is 0 Å². The number of rotatable bonds is 5. The Labute approximate surface area is 129 Å². The van der Waals surface area contributed by atoms with E-state index in [4.69, 9.17) is 0 Å². The second-order valence-corrected chi connectivity index (χ2v) is 6.99. The van der Waals surface area contributed by atoms with E-state index in [1.807, 2.05) is 0 Å². The van der Waals surface area contributed by atoms with Crippen LogP contribution in [0.25, 0.3) is 0 Å². The fourth-order valence-electron chi connectivity index (χ4n) is 4.36. The van der Waals surface area contributed by atoms with E-state index in [-0.39, 0.29) is 0 Å². The standard InChI is InChI=1S/C19H30N2/c1-3-8-19(15-9-5-4-6-10-15)20-16-13-17-11-7-12-18(14-16)21(17)2/h4-6,9-10,16-20H,3,7-8,11-14H2,1-2H3. The van der Waals surface area contributed by atoms with Gasteiger partial charge in [-0.25, -0.2) is 0 Å². The van der Waals surface area contributed by atoms with Gasteiger partial charge in [-0.3, -0.25) is 0 Å². The van der Waals surface area contributed by atoms with E-state index in [1.54, 1.807) is 0 Å². The van der Waals surface area contributed by atoms with E-state index in [0.29, 0.717) is 12.1 Å². The van der Waals surface area contributed by atoms with E-state index in [0.717, 1.165) is 12.1 Å². The first-order chi connectivity index (χ1) is 10.3. The van der Waals surface area contributed by atoms with E-state index >= 15 is 0 Å². The number of hydrogen-bond donors (Lipinski definition) is 1. The van der Waals surface area contributed by atoms with Gasteiger partial charge in [0, 0.05) is 24.2 Å². The minimum Gasteiger partial charge on any atom is -0.307 e. The number of hydrogen-bond acceptors (Lipinski definition) is 2. The van der Waals surface area contributed by atoms with Crippen molar-refractivity contribution < 1.29 is 0 Å². The number of nitrogens with one attached hydrogen (secondary N) is 1. The van der Waals surface area contributed by atoms with Gasteiger partial charge in [-0.05, 0) is 44.7 Å². The number of nitrogens with zero attached hydrogens (tertiary/aromatic N) is 1. The molecule has 2 fully saturated rings. The zero-order valence-corrected chi connectivity index (χ0v) is 13.6. The van der Waals surface area contributed by atoms with Crippen LogP contribution in [-0.4, -0.2) is 30.1 Å². The molecule has 3 atom stereocenters. The molecule has 2 saturated heterocycles. The van der Waals surface area contributed by atoms with Crippen molar-refractivity contribution in [2.75, 3.05) is 7.05 Å². The molecule has 2 heterocycles. The summed E-state index contributed by atoms with van der Waals surface area (Å²) >= 11 is 0. The molecule has 0 radical (unpaired) electrons. The number of piperidine rings is 2. The molecule has 2 aliphatic heterocycles. The summed E-state index contributed by atoms with van der Waals surface area (Å²) in [5, 5.41) is 4.00. The first-order valence-corrected chi connectivity index (χ1v) is 8.81. The van der Waals surface area contributed by atoms with Crippen molar-refractivity contribution in [1.29, 1.82) is 0 Å². The first kappa shape index (κ1) is 15.1. The lowest BCUT2D eigenvalue weighted by atomic mass is 9.81. The molecular weight excluding hydrogens is 256 g/mol. The van der Waals surface area contributed by atoms with Crippen molar-refractivity contribution in [3.63, 3.8) is 0 Å². The highest BCUT2D eigenvalue weighted by Crippen LogP contribution is 2.34. The van der Waals surface area contributed by atoms with Crippen molar-refractivity contribution >= 4 is 0 Å². The minimum atomic E-state index is 0.533. The van der Waals surface area contributed by atoms with Crippen LogP contribution in [0.2, 0.25) is 0 Å². The van der Waals surface area contributed by atoms with Crippen LogP contribution >= 0.6 is 0 Å². The van der Waals surface area contributed by atoms with Crippen LogP contribution in [-0.2, 0) is 0 Å². The zero-order chi connectivity index (χ0) is 14.7. The van der Waals surface area contributed by atoms with Crippen molar-refractivity contribution in [1.82, 2.24) is 10.2 Å². The molecule has 2 nitrogen and oxygen atoms in total. The molecule has 2 heteroatoms. The highest BCUT2D eigenvalue weighted by molar-refractivity contribution is 5.19. The number of fused-ring (bicyclic) bond motifs is 2. The van der Waals surface area contributed by atoms with E-state index < -0.39 is 0 Å². The van der Waals surface area contributed by atoms with E-state index in [2.05, 4.69) is 54.5 Å². The van der Waals surface area contributed by atoms with Crippen LogP contribution in [0.3, 0.4) is 0 Å². The summed E-state index contributed by atoms with van der Waals surface area (Å²) in [4.78, 5) is 2.65. The molecule has 3 rings (SSSR count). The van der Waals surface area contributed by atoms with E-state index in [1.165, 1.54) is 50.5 Å². The van der Waals surface area contributed by atoms with Gasteiger partial charge in [-0.15, -0.1) is 0 Å². The topological polar surface area (TPSA) is 15.3 Å². The Balaban J connectivity index is 1.66. The van der Waals surface area contributed by atoms with Crippen molar-refractivity contribution in [3.05, 3.63) is 35.9 Å². The maximum absolute atomic E-state index is 4.00. The zero-order valence-electron chi connectivity index (χ0n) is 13.6. The molecule has 21 heavy (non-hydrogen) atoms. The first-order valence-electron chi connectivity index (χ1n) is 8.81. The van der Waals surface area contributed by atoms with Crippen molar-refractivity contribution in [2.45, 2.75) is 76.0 Å². The smallest absolute Gasteiger partial charge is 0.0322 e. The molecule has 1 aromatic carbocycles. The third-order valence-corrected chi connectivity index (χ3v) is 5.56. The highest BCUT2D eigenvalue weighted by Gasteiger charge is 2.36. The highest BCUT2D eigenvalue weighted by atomic mass is 15.2. The molecule has 0 aliphatic carbocycles.